The lowest BCUT2D eigenvalue weighted by atomic mass is 10.0. The Kier molecular flexibility index (Phi) is 9.26. The molecule has 0 radical (unpaired) electrons. The van der Waals surface area contributed by atoms with E-state index in [1.54, 1.807) is 0 Å². The highest BCUT2D eigenvalue weighted by molar-refractivity contribution is 6.60. The van der Waals surface area contributed by atoms with Gasteiger partial charge in [-0.15, -0.1) is 0 Å². The van der Waals surface area contributed by atoms with E-state index in [9.17, 15) is 4.79 Å². The Labute approximate surface area is 111 Å². The van der Waals surface area contributed by atoms with Gasteiger partial charge in [0.1, 0.15) is 0 Å². The third-order valence-corrected chi connectivity index (χ3v) is 5.82. The first kappa shape index (κ1) is 17.6. The maximum absolute atomic E-state index is 11.0. The van der Waals surface area contributed by atoms with E-state index < -0.39 is 14.8 Å². The summed E-state index contributed by atoms with van der Waals surface area (Å²) in [6.07, 6.45) is 1.16. The first-order valence-electron chi connectivity index (χ1n) is 6.69. The summed E-state index contributed by atoms with van der Waals surface area (Å²) in [6.45, 7) is 9.14. The summed E-state index contributed by atoms with van der Waals surface area (Å²) in [6, 6.07) is 0.563. The second-order valence-electron chi connectivity index (χ2n) is 3.96. The molecule has 0 aliphatic rings. The van der Waals surface area contributed by atoms with Gasteiger partial charge in [0.15, 0.2) is 0 Å². The number of aliphatic carboxylic acids is 1. The van der Waals surface area contributed by atoms with Crippen LogP contribution in [-0.4, -0.2) is 39.7 Å². The highest BCUT2D eigenvalue weighted by Crippen LogP contribution is 2.23. The van der Waals surface area contributed by atoms with Gasteiger partial charge in [0.05, 0.1) is 5.92 Å². The fourth-order valence-electron chi connectivity index (χ4n) is 1.85. The van der Waals surface area contributed by atoms with E-state index in [0.717, 1.165) is 0 Å². The number of hydrogen-bond acceptors (Lipinski definition) is 4. The Morgan fingerprint density at radius 1 is 1.06 bits per heavy atom. The van der Waals surface area contributed by atoms with Crippen LogP contribution in [0.4, 0.5) is 0 Å². The van der Waals surface area contributed by atoms with E-state index in [1.165, 1.54) is 0 Å². The molecule has 18 heavy (non-hydrogen) atoms. The Morgan fingerprint density at radius 3 is 1.78 bits per heavy atom. The van der Waals surface area contributed by atoms with Crippen LogP contribution in [0.25, 0.3) is 0 Å². The number of carbonyl (C=O) groups is 1. The maximum atomic E-state index is 11.0. The summed E-state index contributed by atoms with van der Waals surface area (Å²) < 4.78 is 17.1. The molecule has 0 aromatic carbocycles. The van der Waals surface area contributed by atoms with E-state index in [4.69, 9.17) is 18.4 Å². The molecule has 0 heterocycles. The van der Waals surface area contributed by atoms with Crippen LogP contribution in [0.3, 0.4) is 0 Å². The Hall–Kier alpha value is -0.433. The minimum absolute atomic E-state index is 0.349. The van der Waals surface area contributed by atoms with Crippen LogP contribution in [0, 0.1) is 5.92 Å². The average molecular weight is 278 g/mol. The largest absolute Gasteiger partial charge is 0.500 e. The van der Waals surface area contributed by atoms with Gasteiger partial charge in [-0.05, 0) is 33.6 Å². The van der Waals surface area contributed by atoms with Gasteiger partial charge in [0.25, 0.3) is 0 Å². The van der Waals surface area contributed by atoms with Gasteiger partial charge in [-0.2, -0.15) is 0 Å². The monoisotopic (exact) mass is 278 g/mol. The molecule has 0 aliphatic carbocycles. The van der Waals surface area contributed by atoms with Crippen molar-refractivity contribution in [3.63, 3.8) is 0 Å². The lowest BCUT2D eigenvalue weighted by molar-refractivity contribution is -0.141. The van der Waals surface area contributed by atoms with Gasteiger partial charge < -0.3 is 18.4 Å². The van der Waals surface area contributed by atoms with Crippen LogP contribution < -0.4 is 0 Å². The summed E-state index contributed by atoms with van der Waals surface area (Å²) >= 11 is 0. The fourth-order valence-corrected chi connectivity index (χ4v) is 4.56. The van der Waals surface area contributed by atoms with Crippen molar-refractivity contribution in [1.82, 2.24) is 0 Å². The van der Waals surface area contributed by atoms with Crippen LogP contribution in [0.15, 0.2) is 0 Å². The summed E-state index contributed by atoms with van der Waals surface area (Å²) in [4.78, 5) is 11.0. The van der Waals surface area contributed by atoms with Gasteiger partial charge in [-0.3, -0.25) is 4.79 Å². The zero-order valence-corrected chi connectivity index (χ0v) is 12.9. The molecule has 0 saturated heterocycles. The lowest BCUT2D eigenvalue weighted by Crippen LogP contribution is -2.46. The third-order valence-electron chi connectivity index (χ3n) is 2.73. The van der Waals surface area contributed by atoms with Crippen molar-refractivity contribution in [2.75, 3.05) is 19.8 Å². The molecule has 0 rings (SSSR count). The third kappa shape index (κ3) is 5.95. The standard InChI is InChI=1S/C12H26O5Si/c1-5-11(12(13)14)9-10-18(15-6-2,16-7-3)17-8-4/h11H,5-10H2,1-4H3,(H,13,14). The van der Waals surface area contributed by atoms with Gasteiger partial charge in [-0.1, -0.05) is 6.92 Å². The molecular formula is C12H26O5Si. The van der Waals surface area contributed by atoms with Gasteiger partial charge in [0.2, 0.25) is 0 Å². The molecule has 5 nitrogen and oxygen atoms in total. The average Bonchev–Trinajstić information content (AvgIpc) is 2.30. The molecule has 1 atom stereocenters. The quantitative estimate of drug-likeness (QED) is 0.588. The van der Waals surface area contributed by atoms with E-state index in [1.807, 2.05) is 27.7 Å². The molecule has 0 aromatic rings. The summed E-state index contributed by atoms with van der Waals surface area (Å²) in [7, 11) is -2.68. The SMILES string of the molecule is CCO[Si](CCC(CC)C(=O)O)(OCC)OCC. The van der Waals surface area contributed by atoms with Gasteiger partial charge in [-0.25, -0.2) is 0 Å². The molecule has 0 amide bonds. The number of rotatable bonds is 11. The second kappa shape index (κ2) is 9.49. The highest BCUT2D eigenvalue weighted by Gasteiger charge is 2.41. The Balaban J connectivity index is 4.58. The van der Waals surface area contributed by atoms with Gasteiger partial charge in [0, 0.05) is 25.9 Å². The zero-order chi connectivity index (χ0) is 14.0. The minimum atomic E-state index is -2.68. The molecule has 0 aromatic heterocycles. The number of carboxylic acids is 1. The van der Waals surface area contributed by atoms with Crippen LogP contribution >= 0.6 is 0 Å². The summed E-state index contributed by atoms with van der Waals surface area (Å²) in [5, 5.41) is 9.05. The van der Waals surface area contributed by atoms with Crippen LogP contribution in [0.5, 0.6) is 0 Å². The molecule has 108 valence electrons. The molecule has 0 fully saturated rings. The lowest BCUT2D eigenvalue weighted by Gasteiger charge is -2.29. The van der Waals surface area contributed by atoms with Crippen molar-refractivity contribution >= 4 is 14.8 Å². The number of hydrogen-bond donors (Lipinski definition) is 1. The summed E-state index contributed by atoms with van der Waals surface area (Å²) in [5.41, 5.74) is 0. The first-order valence-corrected chi connectivity index (χ1v) is 8.63. The number of carboxylic acid groups (broad SMARTS) is 1. The summed E-state index contributed by atoms with van der Waals surface area (Å²) in [5.74, 6) is -1.11. The molecule has 0 bridgehead atoms. The van der Waals surface area contributed by atoms with Crippen molar-refractivity contribution in [3.8, 4) is 0 Å². The molecule has 1 N–H and O–H groups in total. The maximum Gasteiger partial charge on any atom is 0.500 e. The van der Waals surface area contributed by atoms with Crippen molar-refractivity contribution in [2.45, 2.75) is 46.6 Å². The minimum Gasteiger partial charge on any atom is -0.481 e. The van der Waals surface area contributed by atoms with Crippen molar-refractivity contribution in [3.05, 3.63) is 0 Å². The van der Waals surface area contributed by atoms with Crippen LogP contribution in [-0.2, 0) is 18.1 Å². The predicted octanol–water partition coefficient (Wildman–Crippen LogP) is 2.54. The fraction of sp³-hybridized carbons (Fsp3) is 0.917. The molecule has 1 unspecified atom stereocenters. The van der Waals surface area contributed by atoms with Crippen LogP contribution in [0.2, 0.25) is 6.04 Å². The normalized spacial score (nSPS) is 13.6. The highest BCUT2D eigenvalue weighted by atomic mass is 28.4. The van der Waals surface area contributed by atoms with E-state index >= 15 is 0 Å². The molecule has 0 aliphatic heterocycles. The van der Waals surface area contributed by atoms with E-state index in [2.05, 4.69) is 0 Å². The van der Waals surface area contributed by atoms with Gasteiger partial charge >= 0.3 is 14.8 Å². The van der Waals surface area contributed by atoms with Crippen molar-refractivity contribution < 1.29 is 23.2 Å². The topological polar surface area (TPSA) is 65.0 Å². The second-order valence-corrected chi connectivity index (χ2v) is 6.70. The smallest absolute Gasteiger partial charge is 0.481 e. The zero-order valence-electron chi connectivity index (χ0n) is 11.9. The van der Waals surface area contributed by atoms with E-state index in [-0.39, 0.29) is 5.92 Å². The molecular weight excluding hydrogens is 252 g/mol. The Bertz CT molecular complexity index is 217. The predicted molar refractivity (Wildman–Crippen MR) is 71.5 cm³/mol. The van der Waals surface area contributed by atoms with Crippen molar-refractivity contribution in [2.24, 2.45) is 5.92 Å². The van der Waals surface area contributed by atoms with E-state index in [0.29, 0.717) is 38.7 Å². The first-order chi connectivity index (χ1) is 8.55. The Morgan fingerprint density at radius 2 is 1.50 bits per heavy atom. The molecule has 0 saturated carbocycles. The molecule has 6 heteroatoms. The molecule has 0 spiro atoms. The van der Waals surface area contributed by atoms with Crippen molar-refractivity contribution in [1.29, 1.82) is 0 Å². The van der Waals surface area contributed by atoms with Crippen LogP contribution in [0.1, 0.15) is 40.5 Å².